The summed E-state index contributed by atoms with van der Waals surface area (Å²) in [6.45, 7) is 2.41. The summed E-state index contributed by atoms with van der Waals surface area (Å²) in [6.07, 6.45) is -2.74. The highest BCUT2D eigenvalue weighted by Crippen LogP contribution is 2.45. The van der Waals surface area contributed by atoms with Crippen molar-refractivity contribution < 1.29 is 33.7 Å². The Labute approximate surface area is 119 Å². The maximum absolute atomic E-state index is 11.7. The molecule has 1 rings (SSSR count). The van der Waals surface area contributed by atoms with Gasteiger partial charge >= 0.3 is 7.82 Å². The maximum atomic E-state index is 11.7. The Morgan fingerprint density at radius 1 is 1.24 bits per heavy atom. The molecule has 0 aromatic heterocycles. The number of benzene rings is 1. The standard InChI is InChI=1S/C10H15N2O8P/c1-7(13)11(8(2)14)20-21(17,18)19-10-5-3-9(4-6-10)12(15)16/h3-8,13-14H,1-2H3,(H,17,18). The number of aliphatic hydroxyl groups is 2. The second kappa shape index (κ2) is 6.94. The van der Waals surface area contributed by atoms with Gasteiger partial charge in [-0.1, -0.05) is 0 Å². The molecule has 0 spiro atoms. The van der Waals surface area contributed by atoms with Crippen molar-refractivity contribution in [3.05, 3.63) is 34.4 Å². The molecule has 0 fully saturated rings. The zero-order valence-electron chi connectivity index (χ0n) is 11.2. The number of phosphoric ester groups is 1. The zero-order valence-corrected chi connectivity index (χ0v) is 12.1. The van der Waals surface area contributed by atoms with Crippen LogP contribution in [0.25, 0.3) is 0 Å². The SMILES string of the molecule is CC(O)N(OP(=O)(O)Oc1ccc([N+](=O)[O-])cc1)C(C)O. The van der Waals surface area contributed by atoms with Crippen LogP contribution in [-0.4, -0.2) is 37.5 Å². The molecule has 10 nitrogen and oxygen atoms in total. The van der Waals surface area contributed by atoms with Gasteiger partial charge in [0.05, 0.1) is 4.92 Å². The Kier molecular flexibility index (Phi) is 5.78. The number of non-ortho nitro benzene ring substituents is 1. The average molecular weight is 322 g/mol. The number of hydrogen-bond donors (Lipinski definition) is 3. The van der Waals surface area contributed by atoms with Gasteiger partial charge in [0.25, 0.3) is 5.69 Å². The molecule has 0 aliphatic heterocycles. The predicted octanol–water partition coefficient (Wildman–Crippen LogP) is 0.984. The van der Waals surface area contributed by atoms with Crippen molar-refractivity contribution in [3.8, 4) is 5.75 Å². The van der Waals surface area contributed by atoms with E-state index in [2.05, 4.69) is 9.15 Å². The summed E-state index contributed by atoms with van der Waals surface area (Å²) < 4.78 is 20.9. The minimum atomic E-state index is -4.68. The molecule has 0 bridgehead atoms. The Hall–Kier alpha value is -1.55. The molecule has 1 aromatic carbocycles. The van der Waals surface area contributed by atoms with E-state index in [1.54, 1.807) is 0 Å². The molecule has 0 saturated heterocycles. The molecule has 0 aliphatic carbocycles. The molecule has 3 atom stereocenters. The number of phosphoric acid groups is 1. The molecule has 118 valence electrons. The first-order chi connectivity index (χ1) is 9.62. The summed E-state index contributed by atoms with van der Waals surface area (Å²) in [5.41, 5.74) is -0.217. The van der Waals surface area contributed by atoms with Gasteiger partial charge in [0, 0.05) is 12.1 Å². The summed E-state index contributed by atoms with van der Waals surface area (Å²) in [7, 11) is -4.68. The number of nitrogens with zero attached hydrogens (tertiary/aromatic N) is 2. The van der Waals surface area contributed by atoms with E-state index in [1.165, 1.54) is 13.8 Å². The molecule has 3 unspecified atom stereocenters. The van der Waals surface area contributed by atoms with Gasteiger partial charge in [-0.15, -0.1) is 5.06 Å². The minimum absolute atomic E-state index is 0.150. The van der Waals surface area contributed by atoms with Crippen LogP contribution in [0.2, 0.25) is 0 Å². The van der Waals surface area contributed by atoms with Gasteiger partial charge in [0.2, 0.25) is 0 Å². The number of nitro benzene ring substituents is 1. The number of rotatable bonds is 7. The summed E-state index contributed by atoms with van der Waals surface area (Å²) >= 11 is 0. The third kappa shape index (κ3) is 5.38. The Bertz CT molecular complexity index is 524. The number of nitro groups is 1. The van der Waals surface area contributed by atoms with Crippen LogP contribution in [0.4, 0.5) is 5.69 Å². The first kappa shape index (κ1) is 17.5. The van der Waals surface area contributed by atoms with E-state index in [0.717, 1.165) is 24.3 Å². The quantitative estimate of drug-likeness (QED) is 0.290. The van der Waals surface area contributed by atoms with Crippen LogP contribution in [0.15, 0.2) is 24.3 Å². The van der Waals surface area contributed by atoms with E-state index >= 15 is 0 Å². The molecule has 21 heavy (non-hydrogen) atoms. The van der Waals surface area contributed by atoms with E-state index in [-0.39, 0.29) is 11.4 Å². The van der Waals surface area contributed by atoms with Crippen molar-refractivity contribution in [1.82, 2.24) is 5.06 Å². The van der Waals surface area contributed by atoms with Crippen molar-refractivity contribution in [1.29, 1.82) is 0 Å². The van der Waals surface area contributed by atoms with Crippen LogP contribution in [0.3, 0.4) is 0 Å². The molecule has 0 aliphatic rings. The van der Waals surface area contributed by atoms with E-state index in [1.807, 2.05) is 0 Å². The van der Waals surface area contributed by atoms with Crippen molar-refractivity contribution in [3.63, 3.8) is 0 Å². The first-order valence-corrected chi connectivity index (χ1v) is 7.23. The maximum Gasteiger partial charge on any atom is 0.544 e. The fourth-order valence-corrected chi connectivity index (χ4v) is 2.28. The van der Waals surface area contributed by atoms with Crippen LogP contribution in [-0.2, 0) is 9.19 Å². The molecule has 11 heteroatoms. The van der Waals surface area contributed by atoms with Crippen molar-refractivity contribution in [2.45, 2.75) is 26.3 Å². The molecular formula is C10H15N2O8P. The monoisotopic (exact) mass is 322 g/mol. The second-order valence-corrected chi connectivity index (χ2v) is 5.30. The molecule has 3 N–H and O–H groups in total. The van der Waals surface area contributed by atoms with Crippen molar-refractivity contribution >= 4 is 13.5 Å². The van der Waals surface area contributed by atoms with Crippen LogP contribution in [0.1, 0.15) is 13.8 Å². The highest BCUT2D eigenvalue weighted by atomic mass is 31.2. The first-order valence-electron chi connectivity index (χ1n) is 5.73. The lowest BCUT2D eigenvalue weighted by molar-refractivity contribution is -0.384. The highest BCUT2D eigenvalue weighted by Gasteiger charge is 2.32. The van der Waals surface area contributed by atoms with Crippen LogP contribution >= 0.6 is 7.82 Å². The average Bonchev–Trinajstić information content (AvgIpc) is 2.35. The van der Waals surface area contributed by atoms with E-state index < -0.39 is 25.2 Å². The van der Waals surface area contributed by atoms with E-state index in [4.69, 9.17) is 0 Å². The van der Waals surface area contributed by atoms with Crippen LogP contribution < -0.4 is 4.52 Å². The van der Waals surface area contributed by atoms with Gasteiger partial charge in [-0.25, -0.2) is 4.57 Å². The summed E-state index contributed by atoms with van der Waals surface area (Å²) in [5, 5.41) is 29.5. The van der Waals surface area contributed by atoms with Gasteiger partial charge < -0.3 is 14.7 Å². The third-order valence-electron chi connectivity index (χ3n) is 2.20. The van der Waals surface area contributed by atoms with Gasteiger partial charge in [0.1, 0.15) is 18.2 Å². The largest absolute Gasteiger partial charge is 0.544 e. The van der Waals surface area contributed by atoms with Crippen LogP contribution in [0, 0.1) is 10.1 Å². The second-order valence-electron chi connectivity index (χ2n) is 4.02. The third-order valence-corrected chi connectivity index (χ3v) is 3.04. The van der Waals surface area contributed by atoms with Crippen molar-refractivity contribution in [2.24, 2.45) is 0 Å². The summed E-state index contributed by atoms with van der Waals surface area (Å²) in [5.74, 6) is -0.150. The van der Waals surface area contributed by atoms with Gasteiger partial charge in [-0.05, 0) is 26.0 Å². The van der Waals surface area contributed by atoms with Gasteiger partial charge in [-0.3, -0.25) is 15.0 Å². The fraction of sp³-hybridized carbons (Fsp3) is 0.400. The van der Waals surface area contributed by atoms with Gasteiger partial charge in [0.15, 0.2) is 0 Å². The van der Waals surface area contributed by atoms with E-state index in [0.29, 0.717) is 5.06 Å². The number of hydroxylamine groups is 2. The molecule has 0 amide bonds. The Morgan fingerprint density at radius 2 is 1.71 bits per heavy atom. The Balaban J connectivity index is 2.79. The fourth-order valence-electron chi connectivity index (χ4n) is 1.35. The normalized spacial score (nSPS) is 17.0. The molecule has 0 saturated carbocycles. The van der Waals surface area contributed by atoms with Crippen LogP contribution in [0.5, 0.6) is 5.75 Å². The molecule has 0 radical (unpaired) electrons. The Morgan fingerprint density at radius 3 is 2.10 bits per heavy atom. The zero-order chi connectivity index (χ0) is 16.2. The summed E-state index contributed by atoms with van der Waals surface area (Å²) in [4.78, 5) is 19.4. The molecule has 0 heterocycles. The highest BCUT2D eigenvalue weighted by molar-refractivity contribution is 7.47. The predicted molar refractivity (Wildman–Crippen MR) is 69.8 cm³/mol. The lowest BCUT2D eigenvalue weighted by Crippen LogP contribution is -2.39. The molecular weight excluding hydrogens is 307 g/mol. The van der Waals surface area contributed by atoms with Crippen molar-refractivity contribution in [2.75, 3.05) is 0 Å². The minimum Gasteiger partial charge on any atom is -0.403 e. The van der Waals surface area contributed by atoms with Gasteiger partial charge in [-0.2, -0.15) is 4.62 Å². The number of aliphatic hydroxyl groups excluding tert-OH is 2. The lowest BCUT2D eigenvalue weighted by Gasteiger charge is -2.27. The smallest absolute Gasteiger partial charge is 0.403 e. The topological polar surface area (TPSA) is 143 Å². The molecule has 1 aromatic rings. The summed E-state index contributed by atoms with van der Waals surface area (Å²) in [6, 6.07) is 4.38. The lowest BCUT2D eigenvalue weighted by atomic mass is 10.3. The van der Waals surface area contributed by atoms with E-state index in [9.17, 15) is 29.8 Å². The number of hydrogen-bond acceptors (Lipinski definition) is 8.